The summed E-state index contributed by atoms with van der Waals surface area (Å²) in [4.78, 5) is 21.6. The van der Waals surface area contributed by atoms with Crippen LogP contribution in [0.5, 0.6) is 0 Å². The minimum atomic E-state index is -0.0591. The summed E-state index contributed by atoms with van der Waals surface area (Å²) in [6, 6.07) is 7.99. The van der Waals surface area contributed by atoms with Gasteiger partial charge in [0.2, 0.25) is 5.91 Å². The molecule has 2 aliphatic heterocycles. The molecule has 2 aliphatic rings. The molecule has 0 saturated carbocycles. The lowest BCUT2D eigenvalue weighted by atomic mass is 9.82. The van der Waals surface area contributed by atoms with Crippen LogP contribution >= 0.6 is 11.3 Å². The van der Waals surface area contributed by atoms with Crippen molar-refractivity contribution in [1.82, 2.24) is 15.2 Å². The number of piperidine rings is 1. The Balaban J connectivity index is 1.49. The third kappa shape index (κ3) is 3.62. The fourth-order valence-electron chi connectivity index (χ4n) is 4.63. The molecule has 28 heavy (non-hydrogen) atoms. The first-order valence-corrected chi connectivity index (χ1v) is 10.7. The number of nitriles is 1. The van der Waals surface area contributed by atoms with E-state index in [9.17, 15) is 4.79 Å². The predicted molar refractivity (Wildman–Crippen MR) is 110 cm³/mol. The van der Waals surface area contributed by atoms with Crippen molar-refractivity contribution in [1.29, 1.82) is 5.26 Å². The number of anilines is 1. The summed E-state index contributed by atoms with van der Waals surface area (Å²) < 4.78 is 0. The number of hydrogen-bond acceptors (Lipinski definition) is 6. The lowest BCUT2D eigenvalue weighted by Gasteiger charge is -2.48. The van der Waals surface area contributed by atoms with E-state index in [0.29, 0.717) is 12.1 Å². The van der Waals surface area contributed by atoms with Gasteiger partial charge < -0.3 is 10.2 Å². The first-order valence-electron chi connectivity index (χ1n) is 9.73. The summed E-state index contributed by atoms with van der Waals surface area (Å²) in [6.07, 6.45) is 5.36. The van der Waals surface area contributed by atoms with E-state index in [-0.39, 0.29) is 17.5 Å². The normalized spacial score (nSPS) is 25.0. The van der Waals surface area contributed by atoms with Gasteiger partial charge in [-0.2, -0.15) is 16.6 Å². The lowest BCUT2D eigenvalue weighted by molar-refractivity contribution is -0.121. The summed E-state index contributed by atoms with van der Waals surface area (Å²) >= 11 is 1.63. The molecule has 2 aromatic heterocycles. The average molecular weight is 396 g/mol. The highest BCUT2D eigenvalue weighted by Crippen LogP contribution is 2.38. The Morgan fingerprint density at radius 1 is 1.43 bits per heavy atom. The van der Waals surface area contributed by atoms with Crippen LogP contribution in [0.1, 0.15) is 30.5 Å². The van der Waals surface area contributed by atoms with Crippen molar-refractivity contribution in [3.63, 3.8) is 0 Å². The molecular weight excluding hydrogens is 370 g/mol. The van der Waals surface area contributed by atoms with Crippen LogP contribution in [-0.2, 0) is 11.2 Å². The number of rotatable bonds is 4. The van der Waals surface area contributed by atoms with Crippen LogP contribution in [-0.4, -0.2) is 54.1 Å². The highest BCUT2D eigenvalue weighted by Gasteiger charge is 2.49. The number of carbonyl (C=O) groups excluding carboxylic acids is 1. The van der Waals surface area contributed by atoms with E-state index in [0.717, 1.165) is 50.1 Å². The Morgan fingerprint density at radius 2 is 2.32 bits per heavy atom. The first-order chi connectivity index (χ1) is 13.6. The van der Waals surface area contributed by atoms with Crippen molar-refractivity contribution in [2.24, 2.45) is 0 Å². The van der Waals surface area contributed by atoms with Gasteiger partial charge in [-0.05, 0) is 60.8 Å². The van der Waals surface area contributed by atoms with Crippen molar-refractivity contribution < 1.29 is 4.79 Å². The molecule has 0 aromatic carbocycles. The largest absolute Gasteiger partial charge is 0.368 e. The van der Waals surface area contributed by atoms with E-state index in [1.54, 1.807) is 23.6 Å². The highest BCUT2D eigenvalue weighted by molar-refractivity contribution is 7.08. The summed E-state index contributed by atoms with van der Waals surface area (Å²) in [5, 5.41) is 16.4. The van der Waals surface area contributed by atoms with Gasteiger partial charge >= 0.3 is 0 Å². The van der Waals surface area contributed by atoms with Gasteiger partial charge in [-0.3, -0.25) is 9.69 Å². The summed E-state index contributed by atoms with van der Waals surface area (Å²) in [7, 11) is 2.17. The molecule has 0 radical (unpaired) electrons. The number of aromatic nitrogens is 1. The van der Waals surface area contributed by atoms with Gasteiger partial charge in [0.05, 0.1) is 29.9 Å². The maximum Gasteiger partial charge on any atom is 0.224 e. The van der Waals surface area contributed by atoms with E-state index < -0.39 is 0 Å². The molecule has 4 rings (SSSR count). The fraction of sp³-hybridized carbons (Fsp3) is 0.476. The second-order valence-electron chi connectivity index (χ2n) is 7.78. The van der Waals surface area contributed by atoms with Gasteiger partial charge in [0.15, 0.2) is 0 Å². The third-order valence-electron chi connectivity index (χ3n) is 6.17. The Hall–Kier alpha value is -2.43. The number of nitrogens with one attached hydrogen (secondary N) is 1. The summed E-state index contributed by atoms with van der Waals surface area (Å²) in [5.41, 5.74) is 2.50. The molecule has 2 saturated heterocycles. The van der Waals surface area contributed by atoms with Crippen LogP contribution in [0.3, 0.4) is 0 Å². The van der Waals surface area contributed by atoms with E-state index >= 15 is 0 Å². The molecule has 2 atom stereocenters. The number of likely N-dealkylation sites (N-methyl/N-ethyl adjacent to an activating group) is 1. The Kier molecular flexibility index (Phi) is 5.33. The molecule has 146 valence electrons. The van der Waals surface area contributed by atoms with Crippen LogP contribution in [0.4, 0.5) is 5.69 Å². The van der Waals surface area contributed by atoms with Crippen LogP contribution in [0.25, 0.3) is 0 Å². The number of nitrogens with zero attached hydrogens (tertiary/aromatic N) is 4. The molecule has 1 amide bonds. The van der Waals surface area contributed by atoms with Gasteiger partial charge in [-0.1, -0.05) is 0 Å². The SMILES string of the molecule is CN1CCC(NC(=O)Cc2ccsc2)C12CCCN(c1ccc(C#N)nc1)C2. The molecule has 0 aliphatic carbocycles. The van der Waals surface area contributed by atoms with Crippen molar-refractivity contribution in [2.45, 2.75) is 37.3 Å². The monoisotopic (exact) mass is 395 g/mol. The number of amides is 1. The standard InChI is InChI=1S/C21H25N5OS/c1-25-9-5-19(24-20(27)11-16-6-10-28-14-16)21(25)7-2-8-26(15-21)18-4-3-17(12-22)23-13-18/h3-4,6,10,13-14,19H,2,5,7-9,11,15H2,1H3,(H,24,27). The van der Waals surface area contributed by atoms with Crippen LogP contribution in [0.15, 0.2) is 35.2 Å². The van der Waals surface area contributed by atoms with Crippen LogP contribution < -0.4 is 10.2 Å². The maximum absolute atomic E-state index is 12.6. The van der Waals surface area contributed by atoms with Gasteiger partial charge in [0.1, 0.15) is 11.8 Å². The van der Waals surface area contributed by atoms with E-state index in [1.165, 1.54) is 0 Å². The number of pyridine rings is 1. The van der Waals surface area contributed by atoms with Crippen molar-refractivity contribution in [3.05, 3.63) is 46.4 Å². The molecule has 4 heterocycles. The quantitative estimate of drug-likeness (QED) is 0.861. The second kappa shape index (κ2) is 7.90. The molecule has 2 fully saturated rings. The number of thiophene rings is 1. The molecule has 1 spiro atoms. The van der Waals surface area contributed by atoms with E-state index in [4.69, 9.17) is 5.26 Å². The zero-order valence-corrected chi connectivity index (χ0v) is 16.9. The third-order valence-corrected chi connectivity index (χ3v) is 6.90. The van der Waals surface area contributed by atoms with Gasteiger partial charge in [-0.25, -0.2) is 4.98 Å². The Labute approximate surface area is 169 Å². The Morgan fingerprint density at radius 3 is 3.04 bits per heavy atom. The zero-order chi connectivity index (χ0) is 19.6. The predicted octanol–water partition coefficient (Wildman–Crippen LogP) is 2.42. The van der Waals surface area contributed by atoms with Crippen LogP contribution in [0, 0.1) is 11.3 Å². The van der Waals surface area contributed by atoms with E-state index in [2.05, 4.69) is 33.2 Å². The molecule has 0 bridgehead atoms. The smallest absolute Gasteiger partial charge is 0.224 e. The second-order valence-corrected chi connectivity index (χ2v) is 8.56. The fourth-order valence-corrected chi connectivity index (χ4v) is 5.30. The van der Waals surface area contributed by atoms with Crippen molar-refractivity contribution in [2.75, 3.05) is 31.6 Å². The Bertz CT molecular complexity index is 860. The minimum absolute atomic E-state index is 0.0591. The lowest BCUT2D eigenvalue weighted by Crippen LogP contribution is -2.63. The van der Waals surface area contributed by atoms with E-state index in [1.807, 2.05) is 22.9 Å². The summed E-state index contributed by atoms with van der Waals surface area (Å²) in [5.74, 6) is 0.107. The molecule has 1 N–H and O–H groups in total. The number of hydrogen-bond donors (Lipinski definition) is 1. The molecule has 2 unspecified atom stereocenters. The topological polar surface area (TPSA) is 72.3 Å². The zero-order valence-electron chi connectivity index (χ0n) is 16.1. The minimum Gasteiger partial charge on any atom is -0.368 e. The number of carbonyl (C=O) groups is 1. The van der Waals surface area contributed by atoms with Gasteiger partial charge in [-0.15, -0.1) is 0 Å². The molecular formula is C21H25N5OS. The first kappa shape index (κ1) is 18.9. The molecule has 7 heteroatoms. The van der Waals surface area contributed by atoms with Gasteiger partial charge in [0, 0.05) is 19.6 Å². The highest BCUT2D eigenvalue weighted by atomic mass is 32.1. The van der Waals surface area contributed by atoms with Crippen molar-refractivity contribution in [3.8, 4) is 6.07 Å². The average Bonchev–Trinajstić information content (AvgIpc) is 3.32. The molecule has 6 nitrogen and oxygen atoms in total. The van der Waals surface area contributed by atoms with Crippen molar-refractivity contribution >= 4 is 22.9 Å². The van der Waals surface area contributed by atoms with Gasteiger partial charge in [0.25, 0.3) is 0 Å². The van der Waals surface area contributed by atoms with Crippen LogP contribution in [0.2, 0.25) is 0 Å². The summed E-state index contributed by atoms with van der Waals surface area (Å²) in [6.45, 7) is 2.82. The maximum atomic E-state index is 12.6. The number of likely N-dealkylation sites (tertiary alicyclic amines) is 1. The molecule has 2 aromatic rings.